The largest absolute Gasteiger partial charge is 0.384 e. The van der Waals surface area contributed by atoms with E-state index in [1.165, 1.54) is 0 Å². The summed E-state index contributed by atoms with van der Waals surface area (Å²) in [5.74, 6) is 0. The van der Waals surface area contributed by atoms with Crippen LogP contribution in [-0.2, 0) is 4.74 Å². The van der Waals surface area contributed by atoms with Crippen molar-refractivity contribution in [1.29, 1.82) is 0 Å². The van der Waals surface area contributed by atoms with Gasteiger partial charge in [-0.1, -0.05) is 0 Å². The molecule has 0 fully saturated rings. The molecule has 0 N–H and O–H groups in total. The zero-order chi connectivity index (χ0) is 7.99. The molecular weight excluding hydrogens is 152 g/mol. The Kier molecular flexibility index (Phi) is 1.29. The minimum Gasteiger partial charge on any atom is -0.248 e. The van der Waals surface area contributed by atoms with Gasteiger partial charge < -0.3 is 0 Å². The monoisotopic (exact) mass is 156 g/mol. The second kappa shape index (κ2) is 1.72. The summed E-state index contributed by atoms with van der Waals surface area (Å²) in [6, 6.07) is 0. The van der Waals surface area contributed by atoms with Crippen LogP contribution < -0.4 is 0 Å². The van der Waals surface area contributed by atoms with Gasteiger partial charge in [0.15, 0.2) is 0 Å². The van der Waals surface area contributed by atoms with E-state index in [9.17, 15) is 17.6 Å². The van der Waals surface area contributed by atoms with Gasteiger partial charge in [-0.3, -0.25) is 0 Å². The number of alkyl halides is 4. The van der Waals surface area contributed by atoms with E-state index in [0.717, 1.165) is 6.92 Å². The Morgan fingerprint density at radius 2 is 1.80 bits per heavy atom. The summed E-state index contributed by atoms with van der Waals surface area (Å²) >= 11 is 0. The Balaban J connectivity index is 2.89. The highest BCUT2D eigenvalue weighted by atomic mass is 19.3. The first-order chi connectivity index (χ1) is 4.33. The minimum absolute atomic E-state index is 0.104. The maximum absolute atomic E-state index is 12.1. The first-order valence-corrected chi connectivity index (χ1v) is 2.49. The lowest BCUT2D eigenvalue weighted by Crippen LogP contribution is -2.23. The van der Waals surface area contributed by atoms with E-state index in [1.807, 2.05) is 0 Å². The molecule has 1 aliphatic heterocycles. The molecule has 10 heavy (non-hydrogen) atoms. The molecule has 0 bridgehead atoms. The van der Waals surface area contributed by atoms with Crippen LogP contribution in [0.15, 0.2) is 11.6 Å². The summed E-state index contributed by atoms with van der Waals surface area (Å²) in [7, 11) is 0. The minimum atomic E-state index is -3.81. The fraction of sp³-hybridized carbons (Fsp3) is 0.600. The summed E-state index contributed by atoms with van der Waals surface area (Å²) in [5.41, 5.74) is -0.752. The van der Waals surface area contributed by atoms with Crippen molar-refractivity contribution >= 4 is 0 Å². The highest BCUT2D eigenvalue weighted by Crippen LogP contribution is 2.40. The highest BCUT2D eigenvalue weighted by Gasteiger charge is 2.51. The maximum atomic E-state index is 12.1. The number of ether oxygens (including phenoxy) is 1. The molecule has 1 nitrogen and oxygen atoms in total. The van der Waals surface area contributed by atoms with Gasteiger partial charge in [0.05, 0.1) is 0 Å². The van der Waals surface area contributed by atoms with Gasteiger partial charge in [-0.2, -0.15) is 17.6 Å². The molecule has 0 aromatic rings. The van der Waals surface area contributed by atoms with E-state index in [0.29, 0.717) is 0 Å². The number of hydrogen-bond acceptors (Lipinski definition) is 1. The zero-order valence-corrected chi connectivity index (χ0v) is 5.00. The summed E-state index contributed by atoms with van der Waals surface area (Å²) in [5, 5.41) is 0. The van der Waals surface area contributed by atoms with E-state index in [1.54, 1.807) is 0 Å². The van der Waals surface area contributed by atoms with E-state index in [2.05, 4.69) is 4.74 Å². The van der Waals surface area contributed by atoms with E-state index < -0.39 is 17.8 Å². The van der Waals surface area contributed by atoms with Crippen LogP contribution in [0.1, 0.15) is 6.92 Å². The van der Waals surface area contributed by atoms with Crippen LogP contribution in [0.2, 0.25) is 0 Å². The van der Waals surface area contributed by atoms with Crippen molar-refractivity contribution < 1.29 is 22.3 Å². The Bertz CT molecular complexity index is 184. The first kappa shape index (κ1) is 7.53. The third kappa shape index (κ3) is 1.13. The van der Waals surface area contributed by atoms with E-state index >= 15 is 0 Å². The van der Waals surface area contributed by atoms with Crippen molar-refractivity contribution in [3.05, 3.63) is 11.6 Å². The van der Waals surface area contributed by atoms with Gasteiger partial charge in [-0.15, -0.1) is 0 Å². The lowest BCUT2D eigenvalue weighted by molar-refractivity contribution is -0.319. The van der Waals surface area contributed by atoms with Gasteiger partial charge >= 0.3 is 12.2 Å². The molecule has 1 rings (SSSR count). The molecule has 5 heteroatoms. The lowest BCUT2D eigenvalue weighted by atomic mass is 10.3. The Morgan fingerprint density at radius 1 is 1.30 bits per heavy atom. The number of hydrogen-bond donors (Lipinski definition) is 0. The number of halogens is 4. The van der Waals surface area contributed by atoms with Crippen molar-refractivity contribution in [3.63, 3.8) is 0 Å². The van der Waals surface area contributed by atoms with Gasteiger partial charge in [0.25, 0.3) is 0 Å². The second-order valence-electron chi connectivity index (χ2n) is 2.01. The SMILES string of the molecule is CC1=CC(F)(F)OC1(F)F. The maximum Gasteiger partial charge on any atom is 0.384 e. The standard InChI is InChI=1S/C5H4F4O/c1-3-2-4(6,7)10-5(3,8)9/h2H,1H3. The molecule has 0 unspecified atom stereocenters. The van der Waals surface area contributed by atoms with Crippen LogP contribution in [0.25, 0.3) is 0 Å². The predicted molar refractivity (Wildman–Crippen MR) is 24.7 cm³/mol. The fourth-order valence-electron chi connectivity index (χ4n) is 0.617. The molecule has 0 aliphatic carbocycles. The molecule has 1 aliphatic rings. The molecule has 0 atom stereocenters. The van der Waals surface area contributed by atoms with Crippen molar-refractivity contribution in [3.8, 4) is 0 Å². The molecule has 0 spiro atoms. The predicted octanol–water partition coefficient (Wildman–Crippen LogP) is 2.15. The summed E-state index contributed by atoms with van der Waals surface area (Å²) in [6.07, 6.45) is -7.51. The van der Waals surface area contributed by atoms with Crippen LogP contribution in [0.4, 0.5) is 17.6 Å². The van der Waals surface area contributed by atoms with Crippen LogP contribution in [-0.4, -0.2) is 12.2 Å². The molecule has 58 valence electrons. The number of rotatable bonds is 0. The van der Waals surface area contributed by atoms with Gasteiger partial charge in [-0.05, 0) is 6.92 Å². The smallest absolute Gasteiger partial charge is 0.248 e. The fourth-order valence-corrected chi connectivity index (χ4v) is 0.617. The molecule has 0 radical (unpaired) electrons. The Hall–Kier alpha value is -0.580. The van der Waals surface area contributed by atoms with Gasteiger partial charge in [0.1, 0.15) is 0 Å². The molecule has 0 saturated carbocycles. The first-order valence-electron chi connectivity index (χ1n) is 2.49. The van der Waals surface area contributed by atoms with E-state index in [4.69, 9.17) is 0 Å². The summed E-state index contributed by atoms with van der Waals surface area (Å²) in [4.78, 5) is 0. The van der Waals surface area contributed by atoms with Crippen molar-refractivity contribution in [2.75, 3.05) is 0 Å². The van der Waals surface area contributed by atoms with Crippen molar-refractivity contribution in [2.45, 2.75) is 19.1 Å². The van der Waals surface area contributed by atoms with Crippen LogP contribution >= 0.6 is 0 Å². The van der Waals surface area contributed by atoms with Crippen molar-refractivity contribution in [2.24, 2.45) is 0 Å². The average molecular weight is 156 g/mol. The summed E-state index contributed by atoms with van der Waals surface area (Å²) < 4.78 is 51.0. The van der Waals surface area contributed by atoms with Crippen LogP contribution in [0.3, 0.4) is 0 Å². The second-order valence-corrected chi connectivity index (χ2v) is 2.01. The third-order valence-electron chi connectivity index (χ3n) is 1.11. The average Bonchev–Trinajstić information content (AvgIpc) is 1.73. The quantitative estimate of drug-likeness (QED) is 0.385. The molecule has 0 saturated heterocycles. The molecule has 0 aromatic heterocycles. The Labute approximate surface area is 54.3 Å². The third-order valence-corrected chi connectivity index (χ3v) is 1.11. The molecule has 0 amide bonds. The van der Waals surface area contributed by atoms with Crippen LogP contribution in [0.5, 0.6) is 0 Å². The van der Waals surface area contributed by atoms with Gasteiger partial charge in [0, 0.05) is 11.6 Å². The lowest BCUT2D eigenvalue weighted by Gasteiger charge is -2.11. The molecule has 0 aromatic carbocycles. The normalized spacial score (nSPS) is 28.3. The van der Waals surface area contributed by atoms with Crippen molar-refractivity contribution in [1.82, 2.24) is 0 Å². The van der Waals surface area contributed by atoms with Gasteiger partial charge in [-0.25, -0.2) is 4.74 Å². The van der Waals surface area contributed by atoms with Crippen LogP contribution in [0, 0.1) is 0 Å². The van der Waals surface area contributed by atoms with E-state index in [-0.39, 0.29) is 6.08 Å². The zero-order valence-electron chi connectivity index (χ0n) is 5.00. The highest BCUT2D eigenvalue weighted by molar-refractivity contribution is 5.14. The van der Waals surface area contributed by atoms with Gasteiger partial charge in [0.2, 0.25) is 0 Å². The Morgan fingerprint density at radius 3 is 1.90 bits per heavy atom. The topological polar surface area (TPSA) is 9.23 Å². The molecule has 1 heterocycles. The molecular formula is C5H4F4O. The summed E-state index contributed by atoms with van der Waals surface area (Å²) in [6.45, 7) is 0.890.